The number of hydrogen-bond donors (Lipinski definition) is 0. The Morgan fingerprint density at radius 1 is 1.06 bits per heavy atom. The highest BCUT2D eigenvalue weighted by Crippen LogP contribution is 2.22. The van der Waals surface area contributed by atoms with Gasteiger partial charge < -0.3 is 4.90 Å². The summed E-state index contributed by atoms with van der Waals surface area (Å²) in [6.07, 6.45) is 1.58. The van der Waals surface area contributed by atoms with Crippen LogP contribution in [0.3, 0.4) is 0 Å². The molecule has 3 aromatic rings. The van der Waals surface area contributed by atoms with Crippen LogP contribution in [0.15, 0.2) is 71.0 Å². The molecule has 1 amide bonds. The molecule has 11 nitrogen and oxygen atoms in total. The Morgan fingerprint density at radius 3 is 2.48 bits per heavy atom. The number of piperazine rings is 1. The van der Waals surface area contributed by atoms with Gasteiger partial charge in [0, 0.05) is 38.3 Å². The Labute approximate surface area is 194 Å². The van der Waals surface area contributed by atoms with Crippen molar-refractivity contribution in [3.63, 3.8) is 0 Å². The Balaban J connectivity index is 1.31. The van der Waals surface area contributed by atoms with Crippen LogP contribution in [-0.4, -0.2) is 75.1 Å². The predicted octanol–water partition coefficient (Wildman–Crippen LogP) is 1.80. The third-order valence-electron chi connectivity index (χ3n) is 5.07. The molecule has 0 atom stereocenters. The molecule has 2 heterocycles. The molecular weight excluding hydrogens is 468 g/mol. The van der Waals surface area contributed by atoms with Gasteiger partial charge in [-0.25, -0.2) is 18.1 Å². The first-order chi connectivity index (χ1) is 15.8. The largest absolute Gasteiger partial charge is 0.339 e. The molecule has 0 N–H and O–H groups in total. The van der Waals surface area contributed by atoms with Gasteiger partial charge in [-0.2, -0.15) is 4.31 Å². The molecular formula is C20H20N6O5S2. The summed E-state index contributed by atoms with van der Waals surface area (Å²) < 4.78 is 28.6. The summed E-state index contributed by atoms with van der Waals surface area (Å²) in [7, 11) is -3.88. The molecule has 1 fully saturated rings. The van der Waals surface area contributed by atoms with Crippen molar-refractivity contribution < 1.29 is 18.1 Å². The summed E-state index contributed by atoms with van der Waals surface area (Å²) in [5.74, 6) is -0.000337. The molecule has 4 rings (SSSR count). The normalized spacial score (nSPS) is 14.8. The van der Waals surface area contributed by atoms with E-state index in [0.29, 0.717) is 5.16 Å². The highest BCUT2D eigenvalue weighted by molar-refractivity contribution is 7.99. The molecule has 33 heavy (non-hydrogen) atoms. The predicted molar refractivity (Wildman–Crippen MR) is 121 cm³/mol. The summed E-state index contributed by atoms with van der Waals surface area (Å²) in [5, 5.41) is 15.8. The molecule has 0 aliphatic carbocycles. The number of sulfonamides is 1. The van der Waals surface area contributed by atoms with E-state index < -0.39 is 14.9 Å². The summed E-state index contributed by atoms with van der Waals surface area (Å²) in [6, 6.07) is 14.5. The van der Waals surface area contributed by atoms with Crippen LogP contribution in [0.25, 0.3) is 5.69 Å². The molecule has 1 aromatic heterocycles. The minimum atomic E-state index is -3.88. The number of amides is 1. The second kappa shape index (κ2) is 9.68. The Hall–Kier alpha value is -3.29. The first-order valence-electron chi connectivity index (χ1n) is 9.97. The van der Waals surface area contributed by atoms with E-state index >= 15 is 0 Å². The highest BCUT2D eigenvalue weighted by Gasteiger charge is 2.31. The lowest BCUT2D eigenvalue weighted by molar-refractivity contribution is -0.385. The monoisotopic (exact) mass is 488 g/mol. The van der Waals surface area contributed by atoms with Crippen molar-refractivity contribution in [3.8, 4) is 5.69 Å². The van der Waals surface area contributed by atoms with E-state index in [1.54, 1.807) is 15.9 Å². The van der Waals surface area contributed by atoms with Crippen LogP contribution in [-0.2, 0) is 14.8 Å². The van der Waals surface area contributed by atoms with E-state index in [4.69, 9.17) is 0 Å². The van der Waals surface area contributed by atoms with Gasteiger partial charge in [0.05, 0.1) is 21.3 Å². The number of carbonyl (C=O) groups is 1. The lowest BCUT2D eigenvalue weighted by atomic mass is 10.3. The minimum absolute atomic E-state index is 0.113. The quantitative estimate of drug-likeness (QED) is 0.279. The van der Waals surface area contributed by atoms with Crippen LogP contribution in [0.5, 0.6) is 0 Å². The van der Waals surface area contributed by atoms with E-state index in [-0.39, 0.29) is 48.4 Å². The molecule has 0 spiro atoms. The van der Waals surface area contributed by atoms with Crippen molar-refractivity contribution in [2.24, 2.45) is 0 Å². The number of nitro benzene ring substituents is 1. The lowest BCUT2D eigenvalue weighted by Crippen LogP contribution is -2.50. The Morgan fingerprint density at radius 2 is 1.79 bits per heavy atom. The van der Waals surface area contributed by atoms with Gasteiger partial charge in [-0.1, -0.05) is 36.0 Å². The van der Waals surface area contributed by atoms with Gasteiger partial charge in [-0.15, -0.1) is 5.10 Å². The molecule has 13 heteroatoms. The first kappa shape index (κ1) is 22.9. The number of para-hydroxylation sites is 1. The zero-order valence-corrected chi connectivity index (χ0v) is 19.0. The molecule has 0 unspecified atom stereocenters. The van der Waals surface area contributed by atoms with Crippen molar-refractivity contribution in [1.29, 1.82) is 0 Å². The second-order valence-corrected chi connectivity index (χ2v) is 10.0. The van der Waals surface area contributed by atoms with Crippen molar-refractivity contribution in [1.82, 2.24) is 24.0 Å². The minimum Gasteiger partial charge on any atom is -0.339 e. The van der Waals surface area contributed by atoms with Gasteiger partial charge in [-0.05, 0) is 18.2 Å². The molecule has 2 aromatic carbocycles. The average Bonchev–Trinajstić information content (AvgIpc) is 3.32. The molecule has 1 aliphatic rings. The van der Waals surface area contributed by atoms with Crippen molar-refractivity contribution in [3.05, 3.63) is 71.0 Å². The van der Waals surface area contributed by atoms with Gasteiger partial charge in [0.25, 0.3) is 5.69 Å². The van der Waals surface area contributed by atoms with Gasteiger partial charge >= 0.3 is 0 Å². The molecule has 1 aliphatic heterocycles. The topological polar surface area (TPSA) is 132 Å². The van der Waals surface area contributed by atoms with Gasteiger partial charge in [-0.3, -0.25) is 14.9 Å². The molecule has 1 saturated heterocycles. The first-order valence-corrected chi connectivity index (χ1v) is 12.4. The van der Waals surface area contributed by atoms with E-state index in [2.05, 4.69) is 10.1 Å². The third kappa shape index (κ3) is 5.21. The summed E-state index contributed by atoms with van der Waals surface area (Å²) in [5.41, 5.74) is 0.578. The summed E-state index contributed by atoms with van der Waals surface area (Å²) in [4.78, 5) is 28.6. The number of rotatable bonds is 7. The lowest BCUT2D eigenvalue weighted by Gasteiger charge is -2.33. The van der Waals surface area contributed by atoms with Crippen molar-refractivity contribution >= 4 is 33.4 Å². The summed E-state index contributed by atoms with van der Waals surface area (Å²) in [6.45, 7) is 0.698. The maximum atomic E-state index is 12.8. The van der Waals surface area contributed by atoms with Crippen molar-refractivity contribution in [2.75, 3.05) is 31.9 Å². The van der Waals surface area contributed by atoms with Crippen LogP contribution in [0.2, 0.25) is 0 Å². The van der Waals surface area contributed by atoms with E-state index in [1.165, 1.54) is 34.3 Å². The highest BCUT2D eigenvalue weighted by atomic mass is 32.2. The average molecular weight is 489 g/mol. The van der Waals surface area contributed by atoms with Crippen LogP contribution < -0.4 is 0 Å². The van der Waals surface area contributed by atoms with E-state index in [0.717, 1.165) is 11.8 Å². The van der Waals surface area contributed by atoms with Crippen LogP contribution in [0.4, 0.5) is 5.69 Å². The van der Waals surface area contributed by atoms with Gasteiger partial charge in [0.15, 0.2) is 0 Å². The van der Waals surface area contributed by atoms with E-state index in [1.807, 2.05) is 30.3 Å². The van der Waals surface area contributed by atoms with Crippen LogP contribution in [0.1, 0.15) is 0 Å². The fourth-order valence-electron chi connectivity index (χ4n) is 3.32. The van der Waals surface area contributed by atoms with Crippen LogP contribution >= 0.6 is 11.8 Å². The smallest absolute Gasteiger partial charge is 0.270 e. The van der Waals surface area contributed by atoms with E-state index in [9.17, 15) is 23.3 Å². The number of nitro groups is 1. The number of hydrogen-bond acceptors (Lipinski definition) is 8. The van der Waals surface area contributed by atoms with Gasteiger partial charge in [0.1, 0.15) is 6.33 Å². The zero-order valence-electron chi connectivity index (χ0n) is 17.4. The fraction of sp³-hybridized carbons (Fsp3) is 0.250. The zero-order chi connectivity index (χ0) is 23.4. The number of benzene rings is 2. The summed E-state index contributed by atoms with van der Waals surface area (Å²) >= 11 is 1.22. The second-order valence-electron chi connectivity index (χ2n) is 7.14. The fourth-order valence-corrected chi connectivity index (χ4v) is 5.49. The molecule has 0 saturated carbocycles. The standard InChI is InChI=1S/C20H20N6O5S2/c27-19(14-32-20-21-15-25(22-20)16-5-2-1-3-6-16)23-9-11-24(12-10-23)33(30,31)18-8-4-7-17(13-18)26(28)29/h1-8,13,15H,9-12,14H2. The Kier molecular flexibility index (Phi) is 6.72. The number of non-ortho nitro benzene ring substituents is 1. The number of carbonyl (C=O) groups excluding carboxylic acids is 1. The molecule has 172 valence electrons. The van der Waals surface area contributed by atoms with Crippen LogP contribution in [0, 0.1) is 10.1 Å². The Bertz CT molecular complexity index is 1260. The van der Waals surface area contributed by atoms with Gasteiger partial charge in [0.2, 0.25) is 21.1 Å². The number of aromatic nitrogens is 3. The van der Waals surface area contributed by atoms with Crippen molar-refractivity contribution in [2.45, 2.75) is 10.1 Å². The SMILES string of the molecule is O=C(CSc1ncn(-c2ccccc2)n1)N1CCN(S(=O)(=O)c2cccc([N+](=O)[O-])c2)CC1. The number of thioether (sulfide) groups is 1. The molecule has 0 bridgehead atoms. The maximum absolute atomic E-state index is 12.8. The third-order valence-corrected chi connectivity index (χ3v) is 7.81. The number of nitrogens with zero attached hydrogens (tertiary/aromatic N) is 6. The molecule has 0 radical (unpaired) electrons. The maximum Gasteiger partial charge on any atom is 0.270 e.